The van der Waals surface area contributed by atoms with E-state index in [-0.39, 0.29) is 11.8 Å². The lowest BCUT2D eigenvalue weighted by Gasteiger charge is -2.16. The molecule has 1 fully saturated rings. The van der Waals surface area contributed by atoms with Gasteiger partial charge in [0.25, 0.3) is 5.91 Å². The van der Waals surface area contributed by atoms with Gasteiger partial charge in [-0.15, -0.1) is 0 Å². The van der Waals surface area contributed by atoms with Crippen molar-refractivity contribution in [1.82, 2.24) is 29.5 Å². The first-order valence-electron chi connectivity index (χ1n) is 11.4. The van der Waals surface area contributed by atoms with E-state index in [1.807, 2.05) is 50.2 Å². The van der Waals surface area contributed by atoms with Gasteiger partial charge in [0.05, 0.1) is 11.7 Å². The molecule has 5 aromatic rings. The zero-order valence-corrected chi connectivity index (χ0v) is 19.7. The third kappa shape index (κ3) is 3.78. The highest BCUT2D eigenvalue weighted by Gasteiger charge is 2.32. The Morgan fingerprint density at radius 3 is 2.78 bits per heavy atom. The second-order valence-electron chi connectivity index (χ2n) is 8.76. The molecular weight excluding hydrogens is 456 g/mol. The largest absolute Gasteiger partial charge is 0.457 e. The molecule has 0 radical (unpaired) electrons. The maximum absolute atomic E-state index is 12.6. The normalized spacial score (nSPS) is 15.7. The van der Waals surface area contributed by atoms with E-state index in [0.717, 1.165) is 22.4 Å². The fourth-order valence-corrected chi connectivity index (χ4v) is 4.21. The third-order valence-electron chi connectivity index (χ3n) is 6.27. The number of fused-ring (bicyclic) bond motifs is 2. The average molecular weight is 479 g/mol. The fraction of sp³-hybridized carbons (Fsp3) is 0.154. The highest BCUT2D eigenvalue weighted by Crippen LogP contribution is 2.32. The van der Waals surface area contributed by atoms with Crippen LogP contribution in [-0.4, -0.2) is 42.0 Å². The zero-order chi connectivity index (χ0) is 24.8. The maximum atomic E-state index is 12.6. The van der Waals surface area contributed by atoms with E-state index in [2.05, 4.69) is 36.9 Å². The SMILES string of the molecule is C=C1C(=O)N(c2cc3c(Nc4ccc(Oc5ccn6ncnc6c5)c(C)c4)ncnc3cn2)C[C@H]1C. The summed E-state index contributed by atoms with van der Waals surface area (Å²) in [5.41, 5.74) is 3.76. The van der Waals surface area contributed by atoms with E-state index in [9.17, 15) is 4.79 Å². The number of benzene rings is 1. The van der Waals surface area contributed by atoms with Crippen molar-refractivity contribution in [3.05, 3.63) is 79.2 Å². The van der Waals surface area contributed by atoms with Crippen LogP contribution in [0.3, 0.4) is 0 Å². The predicted molar refractivity (Wildman–Crippen MR) is 136 cm³/mol. The summed E-state index contributed by atoms with van der Waals surface area (Å²) in [6.07, 6.45) is 6.45. The third-order valence-corrected chi connectivity index (χ3v) is 6.27. The topological polar surface area (TPSA) is 110 Å². The molecule has 0 aliphatic carbocycles. The van der Waals surface area contributed by atoms with E-state index in [0.29, 0.717) is 40.7 Å². The highest BCUT2D eigenvalue weighted by molar-refractivity contribution is 6.08. The van der Waals surface area contributed by atoms with Gasteiger partial charge >= 0.3 is 0 Å². The van der Waals surface area contributed by atoms with Gasteiger partial charge in [-0.3, -0.25) is 9.69 Å². The van der Waals surface area contributed by atoms with Crippen LogP contribution in [0, 0.1) is 12.8 Å². The lowest BCUT2D eigenvalue weighted by Crippen LogP contribution is -2.25. The molecule has 1 amide bonds. The first-order chi connectivity index (χ1) is 17.5. The Morgan fingerprint density at radius 1 is 1.08 bits per heavy atom. The van der Waals surface area contributed by atoms with Crippen molar-refractivity contribution in [3.63, 3.8) is 0 Å². The number of carbonyl (C=O) groups is 1. The van der Waals surface area contributed by atoms with Crippen LogP contribution in [0.15, 0.2) is 73.6 Å². The summed E-state index contributed by atoms with van der Waals surface area (Å²) in [5, 5.41) is 8.23. The van der Waals surface area contributed by atoms with Gasteiger partial charge < -0.3 is 10.1 Å². The number of aromatic nitrogens is 6. The van der Waals surface area contributed by atoms with E-state index in [4.69, 9.17) is 4.74 Å². The van der Waals surface area contributed by atoms with Gasteiger partial charge in [0, 0.05) is 41.4 Å². The Hall–Kier alpha value is -4.86. The van der Waals surface area contributed by atoms with E-state index in [1.165, 1.54) is 12.7 Å². The van der Waals surface area contributed by atoms with Gasteiger partial charge in [-0.25, -0.2) is 24.5 Å². The lowest BCUT2D eigenvalue weighted by atomic mass is 10.1. The summed E-state index contributed by atoms with van der Waals surface area (Å²) in [5.74, 6) is 2.56. The Kier molecular flexibility index (Phi) is 5.06. The summed E-state index contributed by atoms with van der Waals surface area (Å²) < 4.78 is 7.75. The molecule has 1 aliphatic heterocycles. The Labute approximate surface area is 206 Å². The van der Waals surface area contributed by atoms with Gasteiger partial charge in [0.15, 0.2) is 5.65 Å². The van der Waals surface area contributed by atoms with E-state index < -0.39 is 0 Å². The molecule has 0 spiro atoms. The van der Waals surface area contributed by atoms with Gasteiger partial charge in [0.1, 0.15) is 35.8 Å². The smallest absolute Gasteiger partial charge is 0.255 e. The van der Waals surface area contributed by atoms with Crippen molar-refractivity contribution >= 4 is 39.8 Å². The standard InChI is InChI=1S/C26H22N8O2/c1-15-8-18(4-5-22(15)36-19-6-7-34-24(9-19)29-14-31-34)32-25-20-10-23(27-11-21(20)28-13-30-25)33-12-16(2)17(3)26(33)35/h4-11,13-14,16H,3,12H2,1-2H3,(H,28,30,32)/t16-/m1/s1. The predicted octanol–water partition coefficient (Wildman–Crippen LogP) is 4.45. The quantitative estimate of drug-likeness (QED) is 0.369. The molecule has 0 unspecified atom stereocenters. The molecule has 0 saturated carbocycles. The number of aryl methyl sites for hydroxylation is 1. The number of carbonyl (C=O) groups excluding carboxylic acids is 1. The van der Waals surface area contributed by atoms with Gasteiger partial charge in [-0.2, -0.15) is 5.10 Å². The van der Waals surface area contributed by atoms with Gasteiger partial charge in [0.2, 0.25) is 0 Å². The van der Waals surface area contributed by atoms with Gasteiger partial charge in [-0.1, -0.05) is 13.5 Å². The van der Waals surface area contributed by atoms with Crippen LogP contribution in [0.5, 0.6) is 11.5 Å². The molecule has 5 heterocycles. The fourth-order valence-electron chi connectivity index (χ4n) is 4.21. The zero-order valence-electron chi connectivity index (χ0n) is 19.7. The van der Waals surface area contributed by atoms with Crippen molar-refractivity contribution in [3.8, 4) is 11.5 Å². The van der Waals surface area contributed by atoms with Crippen LogP contribution >= 0.6 is 0 Å². The number of hydrogen-bond acceptors (Lipinski definition) is 8. The highest BCUT2D eigenvalue weighted by atomic mass is 16.5. The molecule has 1 aliphatic rings. The molecule has 36 heavy (non-hydrogen) atoms. The molecule has 10 nitrogen and oxygen atoms in total. The molecule has 6 rings (SSSR count). The van der Waals surface area contributed by atoms with Crippen molar-refractivity contribution in [2.45, 2.75) is 13.8 Å². The summed E-state index contributed by atoms with van der Waals surface area (Å²) in [6, 6.07) is 11.3. The van der Waals surface area contributed by atoms with Crippen LogP contribution in [0.4, 0.5) is 17.3 Å². The van der Waals surface area contributed by atoms with Gasteiger partial charge in [-0.05, 0) is 42.8 Å². The van der Waals surface area contributed by atoms with Crippen LogP contribution in [0.25, 0.3) is 16.6 Å². The van der Waals surface area contributed by atoms with Crippen molar-refractivity contribution in [2.24, 2.45) is 5.92 Å². The first-order valence-corrected chi connectivity index (χ1v) is 11.4. The van der Waals surface area contributed by atoms with Crippen molar-refractivity contribution in [1.29, 1.82) is 0 Å². The minimum absolute atomic E-state index is 0.0848. The van der Waals surface area contributed by atoms with Crippen LogP contribution < -0.4 is 15.0 Å². The minimum atomic E-state index is -0.102. The van der Waals surface area contributed by atoms with Crippen molar-refractivity contribution in [2.75, 3.05) is 16.8 Å². The Morgan fingerprint density at radius 2 is 1.97 bits per heavy atom. The average Bonchev–Trinajstić information content (AvgIpc) is 3.45. The monoisotopic (exact) mass is 478 g/mol. The van der Waals surface area contributed by atoms with Crippen LogP contribution in [0.1, 0.15) is 12.5 Å². The molecular formula is C26H22N8O2. The molecule has 4 aromatic heterocycles. The number of nitrogens with one attached hydrogen (secondary N) is 1. The number of rotatable bonds is 5. The molecule has 1 atom stereocenters. The number of ether oxygens (including phenoxy) is 1. The molecule has 0 bridgehead atoms. The number of anilines is 3. The summed E-state index contributed by atoms with van der Waals surface area (Å²) in [6.45, 7) is 8.42. The maximum Gasteiger partial charge on any atom is 0.255 e. The van der Waals surface area contributed by atoms with E-state index >= 15 is 0 Å². The van der Waals surface area contributed by atoms with Crippen LogP contribution in [0.2, 0.25) is 0 Å². The van der Waals surface area contributed by atoms with Crippen LogP contribution in [-0.2, 0) is 4.79 Å². The molecule has 10 heteroatoms. The lowest BCUT2D eigenvalue weighted by molar-refractivity contribution is -0.114. The molecule has 1 saturated heterocycles. The number of nitrogens with zero attached hydrogens (tertiary/aromatic N) is 7. The Balaban J connectivity index is 1.27. The Bertz CT molecular complexity index is 1660. The molecule has 1 aromatic carbocycles. The van der Waals surface area contributed by atoms with Crippen molar-refractivity contribution < 1.29 is 9.53 Å². The summed E-state index contributed by atoms with van der Waals surface area (Å²) >= 11 is 0. The first kappa shape index (κ1) is 21.7. The molecule has 1 N–H and O–H groups in total. The summed E-state index contributed by atoms with van der Waals surface area (Å²) in [4.78, 5) is 31.7. The number of pyridine rings is 2. The number of hydrogen-bond donors (Lipinski definition) is 1. The second kappa shape index (κ2) is 8.42. The minimum Gasteiger partial charge on any atom is -0.457 e. The molecule has 178 valence electrons. The number of amides is 1. The second-order valence-corrected chi connectivity index (χ2v) is 8.76. The van der Waals surface area contributed by atoms with E-state index in [1.54, 1.807) is 21.8 Å². The summed E-state index contributed by atoms with van der Waals surface area (Å²) in [7, 11) is 0.